The Balaban J connectivity index is 0.000000453. The Morgan fingerprint density at radius 3 is 2.29 bits per heavy atom. The minimum Gasteiger partial charge on any atom is -1.00 e. The number of hydrogen-bond donors (Lipinski definition) is 1. The van der Waals surface area contributed by atoms with Gasteiger partial charge in [-0.05, 0) is 32.6 Å². The molecule has 17 heavy (non-hydrogen) atoms. The SMILES string of the molecule is CC(=O)[O-].C[N+]12CCCCC1C(O)CCC2.[Br-]. The number of likely N-dealkylation sites (N-methyl/N-ethyl adjacent to an activating group) is 1. The van der Waals surface area contributed by atoms with Crippen molar-refractivity contribution < 1.29 is 36.5 Å². The first kappa shape index (κ1) is 16.9. The second-order valence-electron chi connectivity index (χ2n) is 5.19. The maximum atomic E-state index is 9.85. The van der Waals surface area contributed by atoms with E-state index in [2.05, 4.69) is 7.05 Å². The van der Waals surface area contributed by atoms with Gasteiger partial charge in [0.2, 0.25) is 0 Å². The first-order valence-corrected chi connectivity index (χ1v) is 6.15. The number of carbonyl (C=O) groups excluding carboxylic acids is 1. The molecule has 5 heteroatoms. The Bertz CT molecular complexity index is 242. The molecule has 4 nitrogen and oxygen atoms in total. The highest BCUT2D eigenvalue weighted by Crippen LogP contribution is 2.31. The molecular weight excluding hydrogens is 286 g/mol. The standard InChI is InChI=1S/C10H20NO.C2H4O2.BrH/c1-11-7-3-2-5-9(11)10(12)6-4-8-11;1-2(3)4;/h9-10,12H,2-8H2,1H3;1H3,(H,3,4);1H/q+1;;/p-2. The van der Waals surface area contributed by atoms with Crippen LogP contribution in [0.15, 0.2) is 0 Å². The summed E-state index contributed by atoms with van der Waals surface area (Å²) < 4.78 is 1.15. The van der Waals surface area contributed by atoms with Crippen LogP contribution in [0.2, 0.25) is 0 Å². The largest absolute Gasteiger partial charge is 1.00 e. The van der Waals surface area contributed by atoms with E-state index < -0.39 is 5.97 Å². The van der Waals surface area contributed by atoms with Crippen LogP contribution in [-0.4, -0.2) is 47.8 Å². The lowest BCUT2D eigenvalue weighted by molar-refractivity contribution is -0.946. The number of hydrogen-bond acceptors (Lipinski definition) is 3. The Kier molecular flexibility index (Phi) is 7.28. The third kappa shape index (κ3) is 4.94. The summed E-state index contributed by atoms with van der Waals surface area (Å²) in [6.07, 6.45) is 6.18. The van der Waals surface area contributed by atoms with Crippen LogP contribution in [-0.2, 0) is 4.79 Å². The van der Waals surface area contributed by atoms with Crippen LogP contribution in [0.4, 0.5) is 0 Å². The zero-order valence-corrected chi connectivity index (χ0v) is 12.3. The van der Waals surface area contributed by atoms with E-state index in [9.17, 15) is 5.11 Å². The minimum absolute atomic E-state index is 0. The fourth-order valence-corrected chi connectivity index (χ4v) is 3.04. The van der Waals surface area contributed by atoms with Crippen molar-refractivity contribution in [1.82, 2.24) is 0 Å². The lowest BCUT2D eigenvalue weighted by Gasteiger charge is -2.49. The molecule has 2 aliphatic heterocycles. The highest BCUT2D eigenvalue weighted by molar-refractivity contribution is 5.60. The number of fused-ring (bicyclic) bond motifs is 1. The first-order valence-electron chi connectivity index (χ1n) is 6.15. The predicted molar refractivity (Wildman–Crippen MR) is 59.5 cm³/mol. The van der Waals surface area contributed by atoms with E-state index in [1.165, 1.54) is 38.8 Å². The van der Waals surface area contributed by atoms with Gasteiger partial charge < -0.3 is 36.5 Å². The molecule has 2 saturated heterocycles. The van der Waals surface area contributed by atoms with E-state index in [0.29, 0.717) is 6.04 Å². The van der Waals surface area contributed by atoms with Crippen molar-refractivity contribution >= 4 is 5.97 Å². The summed E-state index contributed by atoms with van der Waals surface area (Å²) in [4.78, 5) is 8.89. The molecule has 102 valence electrons. The van der Waals surface area contributed by atoms with Crippen LogP contribution < -0.4 is 22.1 Å². The Labute approximate surface area is 114 Å². The van der Waals surface area contributed by atoms with Gasteiger partial charge in [-0.2, -0.15) is 0 Å². The summed E-state index contributed by atoms with van der Waals surface area (Å²) in [5.41, 5.74) is 0. The molecule has 0 spiro atoms. The van der Waals surface area contributed by atoms with Crippen LogP contribution in [0.3, 0.4) is 0 Å². The Morgan fingerprint density at radius 2 is 1.76 bits per heavy atom. The molecule has 3 atom stereocenters. The number of nitrogens with zero attached hydrogens (tertiary/aromatic N) is 1. The molecule has 2 rings (SSSR count). The number of carboxylic acid groups (broad SMARTS) is 1. The van der Waals surface area contributed by atoms with E-state index in [1.54, 1.807) is 0 Å². The lowest BCUT2D eigenvalue weighted by Crippen LogP contribution is -3.00. The Hall–Kier alpha value is -0.130. The summed E-state index contributed by atoms with van der Waals surface area (Å²) >= 11 is 0. The molecule has 2 fully saturated rings. The quantitative estimate of drug-likeness (QED) is 0.482. The normalized spacial score (nSPS) is 35.7. The summed E-state index contributed by atoms with van der Waals surface area (Å²) in [7, 11) is 2.33. The van der Waals surface area contributed by atoms with E-state index in [4.69, 9.17) is 9.90 Å². The molecule has 2 heterocycles. The second-order valence-corrected chi connectivity index (χ2v) is 5.19. The molecule has 0 aromatic heterocycles. The zero-order chi connectivity index (χ0) is 12.2. The third-order valence-corrected chi connectivity index (χ3v) is 3.83. The molecular formula is C12H23BrNO3-. The maximum absolute atomic E-state index is 9.85. The topological polar surface area (TPSA) is 60.4 Å². The molecule has 0 amide bonds. The molecule has 3 unspecified atom stereocenters. The third-order valence-electron chi connectivity index (χ3n) is 3.83. The van der Waals surface area contributed by atoms with Gasteiger partial charge in [-0.15, -0.1) is 0 Å². The summed E-state index contributed by atoms with van der Waals surface area (Å²) in [5, 5.41) is 18.7. The zero-order valence-electron chi connectivity index (χ0n) is 10.7. The number of aliphatic hydroxyl groups excluding tert-OH is 1. The molecule has 2 aliphatic rings. The van der Waals surface area contributed by atoms with Crippen molar-refractivity contribution in [1.29, 1.82) is 0 Å². The molecule has 0 aliphatic carbocycles. The van der Waals surface area contributed by atoms with Crippen LogP contribution in [0, 0.1) is 0 Å². The van der Waals surface area contributed by atoms with Gasteiger partial charge in [0.05, 0.1) is 20.1 Å². The van der Waals surface area contributed by atoms with Crippen LogP contribution in [0.25, 0.3) is 0 Å². The molecule has 0 aromatic carbocycles. The molecule has 0 bridgehead atoms. The van der Waals surface area contributed by atoms with E-state index >= 15 is 0 Å². The second kappa shape index (κ2) is 7.34. The maximum Gasteiger partial charge on any atom is 0.115 e. The first-order chi connectivity index (χ1) is 7.46. The van der Waals surface area contributed by atoms with Gasteiger partial charge in [0.1, 0.15) is 12.1 Å². The lowest BCUT2D eigenvalue weighted by atomic mass is 9.88. The van der Waals surface area contributed by atoms with Crippen LogP contribution in [0.5, 0.6) is 0 Å². The molecule has 0 saturated carbocycles. The highest BCUT2D eigenvalue weighted by Gasteiger charge is 2.42. The number of aliphatic hydroxyl groups is 1. The number of aliphatic carboxylic acids is 1. The van der Waals surface area contributed by atoms with Crippen molar-refractivity contribution in [2.45, 2.75) is 51.2 Å². The van der Waals surface area contributed by atoms with E-state index in [1.807, 2.05) is 0 Å². The van der Waals surface area contributed by atoms with Crippen LogP contribution >= 0.6 is 0 Å². The number of piperidine rings is 2. The van der Waals surface area contributed by atoms with Crippen molar-refractivity contribution in [3.05, 3.63) is 0 Å². The van der Waals surface area contributed by atoms with Gasteiger partial charge in [0, 0.05) is 12.4 Å². The van der Waals surface area contributed by atoms with E-state index in [0.717, 1.165) is 17.8 Å². The summed E-state index contributed by atoms with van der Waals surface area (Å²) in [6, 6.07) is 0.562. The van der Waals surface area contributed by atoms with Crippen molar-refractivity contribution in [2.75, 3.05) is 20.1 Å². The predicted octanol–water partition coefficient (Wildman–Crippen LogP) is -3.10. The molecule has 0 radical (unpaired) electrons. The van der Waals surface area contributed by atoms with Gasteiger partial charge in [0.25, 0.3) is 0 Å². The van der Waals surface area contributed by atoms with Gasteiger partial charge in [0.15, 0.2) is 0 Å². The molecule has 1 N–H and O–H groups in total. The molecule has 0 aromatic rings. The van der Waals surface area contributed by atoms with Gasteiger partial charge in [-0.3, -0.25) is 0 Å². The number of rotatable bonds is 0. The summed E-state index contributed by atoms with van der Waals surface area (Å²) in [6.45, 7) is 3.56. The highest BCUT2D eigenvalue weighted by atomic mass is 79.9. The van der Waals surface area contributed by atoms with Crippen LogP contribution in [0.1, 0.15) is 39.0 Å². The fourth-order valence-electron chi connectivity index (χ4n) is 3.04. The average molecular weight is 309 g/mol. The number of halogens is 1. The summed E-state index contributed by atoms with van der Waals surface area (Å²) in [5.74, 6) is -1.08. The number of carboxylic acids is 1. The van der Waals surface area contributed by atoms with Gasteiger partial charge >= 0.3 is 0 Å². The minimum atomic E-state index is -1.08. The average Bonchev–Trinajstić information content (AvgIpc) is 2.16. The van der Waals surface area contributed by atoms with Crippen molar-refractivity contribution in [3.63, 3.8) is 0 Å². The number of carbonyl (C=O) groups is 1. The monoisotopic (exact) mass is 308 g/mol. The van der Waals surface area contributed by atoms with Crippen molar-refractivity contribution in [3.8, 4) is 0 Å². The van der Waals surface area contributed by atoms with E-state index in [-0.39, 0.29) is 23.1 Å². The Morgan fingerprint density at radius 1 is 1.24 bits per heavy atom. The van der Waals surface area contributed by atoms with Gasteiger partial charge in [-0.25, -0.2) is 0 Å². The van der Waals surface area contributed by atoms with Gasteiger partial charge in [-0.1, -0.05) is 0 Å². The smallest absolute Gasteiger partial charge is 0.115 e. The van der Waals surface area contributed by atoms with Crippen molar-refractivity contribution in [2.24, 2.45) is 0 Å². The fraction of sp³-hybridized carbons (Fsp3) is 0.917. The number of quaternary nitrogens is 1.